The Bertz CT molecular complexity index is 313. The van der Waals surface area contributed by atoms with Gasteiger partial charge in [0.25, 0.3) is 0 Å². The number of aromatic nitrogens is 1. The van der Waals surface area contributed by atoms with E-state index in [4.69, 9.17) is 0 Å². The highest BCUT2D eigenvalue weighted by atomic mass is 16.1. The molecular weight excluding hydrogens is 202 g/mol. The van der Waals surface area contributed by atoms with Crippen molar-refractivity contribution in [3.8, 4) is 0 Å². The highest BCUT2D eigenvalue weighted by Gasteiger charge is 2.03. The second-order valence-corrected chi connectivity index (χ2v) is 3.80. The summed E-state index contributed by atoms with van der Waals surface area (Å²) in [6, 6.07) is 5.93. The molecule has 0 aromatic carbocycles. The normalized spacial score (nSPS) is 10.4. The SMILES string of the molecule is CNC(=O)CCN(C)CCc1ccccn1. The van der Waals surface area contributed by atoms with Gasteiger partial charge in [0.1, 0.15) is 0 Å². The first-order valence-corrected chi connectivity index (χ1v) is 5.51. The summed E-state index contributed by atoms with van der Waals surface area (Å²) in [5, 5.41) is 2.62. The van der Waals surface area contributed by atoms with Crippen molar-refractivity contribution in [2.45, 2.75) is 12.8 Å². The van der Waals surface area contributed by atoms with E-state index < -0.39 is 0 Å². The Morgan fingerprint density at radius 3 is 2.88 bits per heavy atom. The van der Waals surface area contributed by atoms with Crippen LogP contribution in [-0.4, -0.2) is 43.0 Å². The molecular formula is C12H19N3O. The first-order chi connectivity index (χ1) is 7.72. The van der Waals surface area contributed by atoms with Gasteiger partial charge in [0.2, 0.25) is 5.91 Å². The molecule has 4 nitrogen and oxygen atoms in total. The number of amides is 1. The summed E-state index contributed by atoms with van der Waals surface area (Å²) in [6.07, 6.45) is 3.28. The molecule has 1 N–H and O–H groups in total. The predicted molar refractivity (Wildman–Crippen MR) is 64.1 cm³/mol. The number of likely N-dealkylation sites (N-methyl/N-ethyl adjacent to an activating group) is 1. The number of carbonyl (C=O) groups is 1. The molecule has 88 valence electrons. The van der Waals surface area contributed by atoms with Gasteiger partial charge >= 0.3 is 0 Å². The molecule has 0 unspecified atom stereocenters. The maximum absolute atomic E-state index is 11.0. The molecule has 0 aliphatic carbocycles. The van der Waals surface area contributed by atoms with Crippen LogP contribution in [-0.2, 0) is 11.2 Å². The highest BCUT2D eigenvalue weighted by Crippen LogP contribution is 1.97. The maximum atomic E-state index is 11.0. The van der Waals surface area contributed by atoms with Crippen LogP contribution in [0.1, 0.15) is 12.1 Å². The fraction of sp³-hybridized carbons (Fsp3) is 0.500. The molecule has 0 radical (unpaired) electrons. The van der Waals surface area contributed by atoms with Crippen molar-refractivity contribution in [2.75, 3.05) is 27.2 Å². The first-order valence-electron chi connectivity index (χ1n) is 5.51. The number of carbonyl (C=O) groups excluding carboxylic acids is 1. The van der Waals surface area contributed by atoms with E-state index in [2.05, 4.69) is 15.2 Å². The molecule has 0 saturated heterocycles. The topological polar surface area (TPSA) is 45.2 Å². The Kier molecular flexibility index (Phi) is 5.50. The highest BCUT2D eigenvalue weighted by molar-refractivity contribution is 5.75. The van der Waals surface area contributed by atoms with E-state index in [0.717, 1.165) is 25.2 Å². The zero-order chi connectivity index (χ0) is 11.8. The van der Waals surface area contributed by atoms with Crippen LogP contribution in [0.5, 0.6) is 0 Å². The third-order valence-electron chi connectivity index (χ3n) is 2.48. The third-order valence-corrected chi connectivity index (χ3v) is 2.48. The van der Waals surface area contributed by atoms with E-state index in [-0.39, 0.29) is 5.91 Å². The fourth-order valence-corrected chi connectivity index (χ4v) is 1.38. The Morgan fingerprint density at radius 2 is 2.25 bits per heavy atom. The van der Waals surface area contributed by atoms with Gasteiger partial charge < -0.3 is 10.2 Å². The molecule has 1 aromatic heterocycles. The van der Waals surface area contributed by atoms with Gasteiger partial charge in [0.05, 0.1) is 0 Å². The summed E-state index contributed by atoms with van der Waals surface area (Å²) in [4.78, 5) is 17.4. The molecule has 0 fully saturated rings. The molecule has 1 rings (SSSR count). The fourth-order valence-electron chi connectivity index (χ4n) is 1.38. The van der Waals surface area contributed by atoms with Crippen LogP contribution in [0.2, 0.25) is 0 Å². The Hall–Kier alpha value is -1.42. The summed E-state index contributed by atoms with van der Waals surface area (Å²) in [5.41, 5.74) is 1.09. The zero-order valence-electron chi connectivity index (χ0n) is 9.94. The summed E-state index contributed by atoms with van der Waals surface area (Å²) < 4.78 is 0. The molecule has 16 heavy (non-hydrogen) atoms. The smallest absolute Gasteiger partial charge is 0.221 e. The van der Waals surface area contributed by atoms with E-state index in [9.17, 15) is 4.79 Å². The quantitative estimate of drug-likeness (QED) is 0.769. The first kappa shape index (κ1) is 12.6. The van der Waals surface area contributed by atoms with Crippen molar-refractivity contribution in [3.63, 3.8) is 0 Å². The minimum Gasteiger partial charge on any atom is -0.359 e. The second kappa shape index (κ2) is 6.95. The minimum absolute atomic E-state index is 0.0877. The van der Waals surface area contributed by atoms with Crippen LogP contribution in [0.15, 0.2) is 24.4 Å². The van der Waals surface area contributed by atoms with Gasteiger partial charge in [-0.1, -0.05) is 6.07 Å². The van der Waals surface area contributed by atoms with Gasteiger partial charge in [-0.3, -0.25) is 9.78 Å². The number of hydrogen-bond acceptors (Lipinski definition) is 3. The lowest BCUT2D eigenvalue weighted by atomic mass is 10.2. The number of pyridine rings is 1. The molecule has 1 aromatic rings. The van der Waals surface area contributed by atoms with E-state index in [1.54, 1.807) is 13.2 Å². The minimum atomic E-state index is 0.0877. The van der Waals surface area contributed by atoms with E-state index in [0.29, 0.717) is 6.42 Å². The average Bonchev–Trinajstić information content (AvgIpc) is 2.34. The van der Waals surface area contributed by atoms with Crippen molar-refractivity contribution >= 4 is 5.91 Å². The van der Waals surface area contributed by atoms with E-state index in [1.807, 2.05) is 25.2 Å². The van der Waals surface area contributed by atoms with Crippen LogP contribution in [0.4, 0.5) is 0 Å². The lowest BCUT2D eigenvalue weighted by Crippen LogP contribution is -2.28. The zero-order valence-corrected chi connectivity index (χ0v) is 9.94. The predicted octanol–water partition coefficient (Wildman–Crippen LogP) is 0.692. The molecule has 1 amide bonds. The Morgan fingerprint density at radius 1 is 1.44 bits per heavy atom. The van der Waals surface area contributed by atoms with Crippen molar-refractivity contribution in [2.24, 2.45) is 0 Å². The van der Waals surface area contributed by atoms with E-state index >= 15 is 0 Å². The Balaban J connectivity index is 2.20. The monoisotopic (exact) mass is 221 g/mol. The number of nitrogens with zero attached hydrogens (tertiary/aromatic N) is 2. The number of hydrogen-bond donors (Lipinski definition) is 1. The lowest BCUT2D eigenvalue weighted by molar-refractivity contribution is -0.120. The van der Waals surface area contributed by atoms with Crippen LogP contribution in [0, 0.1) is 0 Å². The van der Waals surface area contributed by atoms with Gasteiger partial charge in [-0.15, -0.1) is 0 Å². The summed E-state index contributed by atoms with van der Waals surface area (Å²) in [7, 11) is 3.68. The Labute approximate surface area is 96.7 Å². The lowest BCUT2D eigenvalue weighted by Gasteiger charge is -2.15. The van der Waals surface area contributed by atoms with Gasteiger partial charge in [-0.2, -0.15) is 0 Å². The molecule has 0 saturated carbocycles. The van der Waals surface area contributed by atoms with Gasteiger partial charge in [-0.05, 0) is 19.2 Å². The van der Waals surface area contributed by atoms with Crippen molar-refractivity contribution < 1.29 is 4.79 Å². The van der Waals surface area contributed by atoms with Gasteiger partial charge in [0, 0.05) is 44.9 Å². The van der Waals surface area contributed by atoms with Crippen molar-refractivity contribution in [1.82, 2.24) is 15.2 Å². The van der Waals surface area contributed by atoms with E-state index in [1.165, 1.54) is 0 Å². The standard InChI is InChI=1S/C12H19N3O/c1-13-12(16)7-10-15(2)9-6-11-5-3-4-8-14-11/h3-5,8H,6-7,9-10H2,1-2H3,(H,13,16). The maximum Gasteiger partial charge on any atom is 0.221 e. The third kappa shape index (κ3) is 4.89. The van der Waals surface area contributed by atoms with Crippen molar-refractivity contribution in [1.29, 1.82) is 0 Å². The molecule has 1 heterocycles. The molecule has 0 aliphatic heterocycles. The molecule has 0 spiro atoms. The van der Waals surface area contributed by atoms with Crippen LogP contribution in [0.25, 0.3) is 0 Å². The molecule has 0 bridgehead atoms. The summed E-state index contributed by atoms with van der Waals surface area (Å²) in [6.45, 7) is 1.71. The van der Waals surface area contributed by atoms with Crippen LogP contribution in [0.3, 0.4) is 0 Å². The summed E-state index contributed by atoms with van der Waals surface area (Å²) in [5.74, 6) is 0.0877. The number of rotatable bonds is 6. The van der Waals surface area contributed by atoms with Gasteiger partial charge in [0.15, 0.2) is 0 Å². The molecule has 0 atom stereocenters. The molecule has 4 heteroatoms. The van der Waals surface area contributed by atoms with Crippen LogP contribution >= 0.6 is 0 Å². The average molecular weight is 221 g/mol. The van der Waals surface area contributed by atoms with Crippen molar-refractivity contribution in [3.05, 3.63) is 30.1 Å². The second-order valence-electron chi connectivity index (χ2n) is 3.80. The number of nitrogens with one attached hydrogen (secondary N) is 1. The summed E-state index contributed by atoms with van der Waals surface area (Å²) >= 11 is 0. The van der Waals surface area contributed by atoms with Crippen LogP contribution < -0.4 is 5.32 Å². The largest absolute Gasteiger partial charge is 0.359 e. The van der Waals surface area contributed by atoms with Gasteiger partial charge in [-0.25, -0.2) is 0 Å². The molecule has 0 aliphatic rings.